The van der Waals surface area contributed by atoms with Gasteiger partial charge in [0, 0.05) is 38.9 Å². The molecule has 7 nitrogen and oxygen atoms in total. The van der Waals surface area contributed by atoms with Crippen LogP contribution in [0.1, 0.15) is 29.6 Å². The molecule has 0 spiro atoms. The fourth-order valence-corrected chi connectivity index (χ4v) is 2.11. The van der Waals surface area contributed by atoms with Gasteiger partial charge in [-0.3, -0.25) is 9.59 Å². The highest BCUT2D eigenvalue weighted by Crippen LogP contribution is 2.18. The standard InChI is InChI=1S/C14H21N3O4/c1-3-20-6-4-5-15-13(18)11-8-17(9-11)14(19)12-7-10(2)21-16-12/h7,11H,3-6,8-9H2,1-2H3,(H,15,18). The molecule has 2 heterocycles. The zero-order chi connectivity index (χ0) is 15.2. The highest BCUT2D eigenvalue weighted by molar-refractivity contribution is 5.94. The molecule has 2 rings (SSSR count). The van der Waals surface area contributed by atoms with Gasteiger partial charge in [0.1, 0.15) is 5.76 Å². The van der Waals surface area contributed by atoms with E-state index in [2.05, 4.69) is 10.5 Å². The van der Waals surface area contributed by atoms with E-state index in [-0.39, 0.29) is 17.7 Å². The highest BCUT2D eigenvalue weighted by atomic mass is 16.5. The van der Waals surface area contributed by atoms with E-state index >= 15 is 0 Å². The van der Waals surface area contributed by atoms with E-state index in [9.17, 15) is 9.59 Å². The van der Waals surface area contributed by atoms with Crippen LogP contribution in [0.15, 0.2) is 10.6 Å². The van der Waals surface area contributed by atoms with E-state index in [0.29, 0.717) is 44.3 Å². The summed E-state index contributed by atoms with van der Waals surface area (Å²) in [5.74, 6) is 0.274. The fraction of sp³-hybridized carbons (Fsp3) is 0.643. The Morgan fingerprint density at radius 3 is 2.90 bits per heavy atom. The molecule has 0 unspecified atom stereocenters. The third kappa shape index (κ3) is 4.04. The van der Waals surface area contributed by atoms with Gasteiger partial charge in [0.25, 0.3) is 5.91 Å². The first-order valence-corrected chi connectivity index (χ1v) is 7.20. The lowest BCUT2D eigenvalue weighted by atomic mass is 9.98. The van der Waals surface area contributed by atoms with Crippen molar-refractivity contribution in [2.45, 2.75) is 20.3 Å². The Bertz CT molecular complexity index is 494. The van der Waals surface area contributed by atoms with Crippen LogP contribution in [0, 0.1) is 12.8 Å². The topological polar surface area (TPSA) is 84.7 Å². The zero-order valence-corrected chi connectivity index (χ0v) is 12.4. The van der Waals surface area contributed by atoms with Gasteiger partial charge in [-0.25, -0.2) is 0 Å². The van der Waals surface area contributed by atoms with Crippen molar-refractivity contribution >= 4 is 11.8 Å². The Morgan fingerprint density at radius 2 is 2.29 bits per heavy atom. The molecule has 0 aromatic carbocycles. The van der Waals surface area contributed by atoms with E-state index in [1.165, 1.54) is 0 Å². The molecule has 2 amide bonds. The van der Waals surface area contributed by atoms with Gasteiger partial charge in [0.05, 0.1) is 5.92 Å². The van der Waals surface area contributed by atoms with Gasteiger partial charge >= 0.3 is 0 Å². The van der Waals surface area contributed by atoms with E-state index in [4.69, 9.17) is 9.26 Å². The maximum atomic E-state index is 12.0. The number of aromatic nitrogens is 1. The van der Waals surface area contributed by atoms with Gasteiger partial charge in [-0.05, 0) is 20.3 Å². The molecule has 1 aromatic heterocycles. The molecule has 0 atom stereocenters. The van der Waals surface area contributed by atoms with Gasteiger partial charge in [0.15, 0.2) is 5.69 Å². The predicted molar refractivity (Wildman–Crippen MR) is 74.8 cm³/mol. The molecule has 7 heteroatoms. The highest BCUT2D eigenvalue weighted by Gasteiger charge is 2.36. The maximum absolute atomic E-state index is 12.0. The summed E-state index contributed by atoms with van der Waals surface area (Å²) in [7, 11) is 0. The van der Waals surface area contributed by atoms with Gasteiger partial charge in [-0.15, -0.1) is 0 Å². The smallest absolute Gasteiger partial charge is 0.276 e. The summed E-state index contributed by atoms with van der Waals surface area (Å²) >= 11 is 0. The summed E-state index contributed by atoms with van der Waals surface area (Å²) in [6, 6.07) is 1.60. The van der Waals surface area contributed by atoms with Crippen molar-refractivity contribution in [3.63, 3.8) is 0 Å². The van der Waals surface area contributed by atoms with Crippen LogP contribution in [0.25, 0.3) is 0 Å². The van der Waals surface area contributed by atoms with Crippen LogP contribution >= 0.6 is 0 Å². The minimum atomic E-state index is -0.188. The van der Waals surface area contributed by atoms with Gasteiger partial charge in [0.2, 0.25) is 5.91 Å². The summed E-state index contributed by atoms with van der Waals surface area (Å²) in [6.45, 7) is 6.48. The Hall–Kier alpha value is -1.89. The molecule has 0 saturated carbocycles. The Labute approximate surface area is 123 Å². The monoisotopic (exact) mass is 295 g/mol. The number of amides is 2. The molecular formula is C14H21N3O4. The molecule has 1 aromatic rings. The second-order valence-corrected chi connectivity index (χ2v) is 5.07. The van der Waals surface area contributed by atoms with Crippen LogP contribution < -0.4 is 5.32 Å². The number of ether oxygens (including phenoxy) is 1. The van der Waals surface area contributed by atoms with E-state index in [1.807, 2.05) is 6.92 Å². The molecule has 1 saturated heterocycles. The number of hydrogen-bond acceptors (Lipinski definition) is 5. The Balaban J connectivity index is 1.66. The number of nitrogens with one attached hydrogen (secondary N) is 1. The number of carbonyl (C=O) groups excluding carboxylic acids is 2. The lowest BCUT2D eigenvalue weighted by Gasteiger charge is -2.37. The number of nitrogens with zero attached hydrogens (tertiary/aromatic N) is 2. The minimum absolute atomic E-state index is 0.00752. The number of hydrogen-bond donors (Lipinski definition) is 1. The van der Waals surface area contributed by atoms with Crippen molar-refractivity contribution in [1.82, 2.24) is 15.4 Å². The average molecular weight is 295 g/mol. The van der Waals surface area contributed by atoms with Crippen molar-refractivity contribution in [3.8, 4) is 0 Å². The van der Waals surface area contributed by atoms with E-state index in [1.54, 1.807) is 17.9 Å². The maximum Gasteiger partial charge on any atom is 0.276 e. The Kier molecular flexibility index (Phi) is 5.32. The molecular weight excluding hydrogens is 274 g/mol. The zero-order valence-electron chi connectivity index (χ0n) is 12.4. The van der Waals surface area contributed by atoms with Crippen molar-refractivity contribution in [2.24, 2.45) is 5.92 Å². The first-order valence-electron chi connectivity index (χ1n) is 7.20. The van der Waals surface area contributed by atoms with Crippen LogP contribution in [0.5, 0.6) is 0 Å². The fourth-order valence-electron chi connectivity index (χ4n) is 2.11. The quantitative estimate of drug-likeness (QED) is 0.745. The van der Waals surface area contributed by atoms with Gasteiger partial charge in [-0.1, -0.05) is 5.16 Å². The number of likely N-dealkylation sites (tertiary alicyclic amines) is 1. The Morgan fingerprint density at radius 1 is 1.52 bits per heavy atom. The summed E-state index contributed by atoms with van der Waals surface area (Å²) in [6.07, 6.45) is 0.799. The van der Waals surface area contributed by atoms with Crippen LogP contribution in [0.3, 0.4) is 0 Å². The summed E-state index contributed by atoms with van der Waals surface area (Å²) in [5, 5.41) is 6.54. The van der Waals surface area contributed by atoms with Crippen LogP contribution in [-0.4, -0.2) is 54.7 Å². The molecule has 0 bridgehead atoms. The average Bonchev–Trinajstić information content (AvgIpc) is 2.83. The third-order valence-corrected chi connectivity index (χ3v) is 3.36. The SMILES string of the molecule is CCOCCCNC(=O)C1CN(C(=O)c2cc(C)on2)C1. The summed E-state index contributed by atoms with van der Waals surface area (Å²) in [4.78, 5) is 25.4. The van der Waals surface area contributed by atoms with Crippen LogP contribution in [0.4, 0.5) is 0 Å². The minimum Gasteiger partial charge on any atom is -0.382 e. The van der Waals surface area contributed by atoms with Gasteiger partial charge < -0.3 is 19.5 Å². The predicted octanol–water partition coefficient (Wildman–Crippen LogP) is 0.598. The van der Waals surface area contributed by atoms with E-state index in [0.717, 1.165) is 6.42 Å². The van der Waals surface area contributed by atoms with Crippen molar-refractivity contribution in [1.29, 1.82) is 0 Å². The number of carbonyl (C=O) groups is 2. The van der Waals surface area contributed by atoms with Crippen LogP contribution in [-0.2, 0) is 9.53 Å². The summed E-state index contributed by atoms with van der Waals surface area (Å²) in [5.41, 5.74) is 0.295. The molecule has 1 aliphatic heterocycles. The molecule has 1 N–H and O–H groups in total. The molecule has 21 heavy (non-hydrogen) atoms. The second kappa shape index (κ2) is 7.21. The lowest BCUT2D eigenvalue weighted by molar-refractivity contribution is -0.129. The first-order chi connectivity index (χ1) is 10.1. The van der Waals surface area contributed by atoms with Crippen molar-refractivity contribution in [3.05, 3.63) is 17.5 Å². The normalized spacial score (nSPS) is 14.9. The first kappa shape index (κ1) is 15.5. The molecule has 116 valence electrons. The summed E-state index contributed by atoms with van der Waals surface area (Å²) < 4.78 is 10.1. The molecule has 0 radical (unpaired) electrons. The largest absolute Gasteiger partial charge is 0.382 e. The molecule has 1 aliphatic rings. The number of aryl methyl sites for hydroxylation is 1. The number of rotatable bonds is 7. The molecule has 1 fully saturated rings. The third-order valence-electron chi connectivity index (χ3n) is 3.36. The second-order valence-electron chi connectivity index (χ2n) is 5.07. The van der Waals surface area contributed by atoms with Gasteiger partial charge in [-0.2, -0.15) is 0 Å². The lowest BCUT2D eigenvalue weighted by Crippen LogP contribution is -2.55. The van der Waals surface area contributed by atoms with Crippen molar-refractivity contribution < 1.29 is 18.8 Å². The van der Waals surface area contributed by atoms with Crippen molar-refractivity contribution in [2.75, 3.05) is 32.8 Å². The molecule has 0 aliphatic carbocycles. The van der Waals surface area contributed by atoms with E-state index < -0.39 is 0 Å². The van der Waals surface area contributed by atoms with Crippen LogP contribution in [0.2, 0.25) is 0 Å².